The zero-order valence-electron chi connectivity index (χ0n) is 23.0. The van der Waals surface area contributed by atoms with E-state index in [4.69, 9.17) is 37.4 Å². The molecule has 226 valence electrons. The molecule has 0 spiro atoms. The van der Waals surface area contributed by atoms with E-state index in [9.17, 15) is 19.2 Å². The second-order valence-corrected chi connectivity index (χ2v) is 11.4. The van der Waals surface area contributed by atoms with Crippen LogP contribution in [0.3, 0.4) is 0 Å². The lowest BCUT2D eigenvalue weighted by atomic mass is 10.0. The van der Waals surface area contributed by atoms with Gasteiger partial charge in [-0.2, -0.15) is 0 Å². The first-order valence-corrected chi connectivity index (χ1v) is 15.2. The molecular weight excluding hydrogens is 607 g/mol. The number of hydrogen-bond acceptors (Lipinski definition) is 9. The largest absolute Gasteiger partial charge is 0.467 e. The fraction of sp³-hybridized carbons (Fsp3) is 0.429. The molecule has 2 aliphatic rings. The Morgan fingerprint density at radius 3 is 2.43 bits per heavy atom. The Balaban J connectivity index is 1.32. The number of carbonyl (C=O) groups is 4. The summed E-state index contributed by atoms with van der Waals surface area (Å²) in [6.07, 6.45) is -0.439. The number of morpholine rings is 1. The molecule has 4 rings (SSSR count). The van der Waals surface area contributed by atoms with E-state index in [0.717, 1.165) is 13.1 Å². The van der Waals surface area contributed by atoms with Gasteiger partial charge in [-0.15, -0.1) is 11.8 Å². The molecule has 0 bridgehead atoms. The van der Waals surface area contributed by atoms with Gasteiger partial charge in [-0.1, -0.05) is 41.4 Å². The molecule has 14 heteroatoms. The minimum absolute atomic E-state index is 0.132. The number of ether oxygens (including phenoxy) is 3. The lowest BCUT2D eigenvalue weighted by Gasteiger charge is -2.27. The summed E-state index contributed by atoms with van der Waals surface area (Å²) in [6.45, 7) is 3.67. The van der Waals surface area contributed by atoms with Crippen LogP contribution in [-0.2, 0) is 30.2 Å². The van der Waals surface area contributed by atoms with Crippen LogP contribution in [0.2, 0.25) is 10.0 Å². The van der Waals surface area contributed by atoms with E-state index in [-0.39, 0.29) is 28.6 Å². The molecule has 2 aromatic rings. The summed E-state index contributed by atoms with van der Waals surface area (Å²) in [4.78, 5) is 54.7. The molecule has 2 N–H and O–H groups in total. The van der Waals surface area contributed by atoms with Crippen LogP contribution in [0, 0.1) is 0 Å². The highest BCUT2D eigenvalue weighted by Gasteiger charge is 2.37. The number of amides is 3. The van der Waals surface area contributed by atoms with Gasteiger partial charge >= 0.3 is 12.1 Å². The lowest BCUT2D eigenvalue weighted by Crippen LogP contribution is -2.52. The van der Waals surface area contributed by atoms with E-state index in [1.165, 1.54) is 23.8 Å². The third-order valence-corrected chi connectivity index (χ3v) is 8.44. The maximum absolute atomic E-state index is 13.2. The van der Waals surface area contributed by atoms with E-state index in [0.29, 0.717) is 42.6 Å². The van der Waals surface area contributed by atoms with Crippen molar-refractivity contribution in [1.29, 1.82) is 0 Å². The minimum atomic E-state index is -0.991. The highest BCUT2D eigenvalue weighted by Crippen LogP contribution is 2.26. The summed E-state index contributed by atoms with van der Waals surface area (Å²) < 4.78 is 15.7. The van der Waals surface area contributed by atoms with Crippen molar-refractivity contribution in [2.24, 2.45) is 0 Å². The van der Waals surface area contributed by atoms with Crippen LogP contribution in [0.1, 0.15) is 15.9 Å². The van der Waals surface area contributed by atoms with E-state index in [2.05, 4.69) is 15.5 Å². The maximum Gasteiger partial charge on any atom is 0.411 e. The number of nitrogens with zero attached hydrogens (tertiary/aromatic N) is 2. The number of rotatable bonds is 10. The molecule has 2 saturated heterocycles. The quantitative estimate of drug-likeness (QED) is 0.377. The minimum Gasteiger partial charge on any atom is -0.467 e. The predicted octanol–water partition coefficient (Wildman–Crippen LogP) is 3.29. The molecule has 2 atom stereocenters. The van der Waals surface area contributed by atoms with Crippen LogP contribution in [0.4, 0.5) is 10.5 Å². The number of hydrogen-bond donors (Lipinski definition) is 2. The van der Waals surface area contributed by atoms with Crippen LogP contribution >= 0.6 is 35.0 Å². The summed E-state index contributed by atoms with van der Waals surface area (Å²) in [5, 5.41) is 5.94. The fourth-order valence-electron chi connectivity index (χ4n) is 4.48. The Labute approximate surface area is 258 Å². The van der Waals surface area contributed by atoms with Gasteiger partial charge in [-0.25, -0.2) is 9.59 Å². The Morgan fingerprint density at radius 2 is 1.76 bits per heavy atom. The van der Waals surface area contributed by atoms with Gasteiger partial charge < -0.3 is 24.8 Å². The predicted molar refractivity (Wildman–Crippen MR) is 160 cm³/mol. The van der Waals surface area contributed by atoms with Crippen molar-refractivity contribution >= 4 is 64.5 Å². The molecule has 0 aromatic heterocycles. The molecule has 0 radical (unpaired) electrons. The third kappa shape index (κ3) is 8.51. The Kier molecular flexibility index (Phi) is 11.7. The molecule has 2 aliphatic heterocycles. The molecule has 2 heterocycles. The Hall–Kier alpha value is -3.03. The number of nitrogens with one attached hydrogen (secondary N) is 2. The van der Waals surface area contributed by atoms with Crippen molar-refractivity contribution in [1.82, 2.24) is 15.1 Å². The Bertz CT molecular complexity index is 1260. The molecule has 2 aromatic carbocycles. The summed E-state index contributed by atoms with van der Waals surface area (Å²) in [5.74, 6) is -0.872. The van der Waals surface area contributed by atoms with Crippen LogP contribution in [0.25, 0.3) is 0 Å². The molecule has 0 saturated carbocycles. The second kappa shape index (κ2) is 15.4. The van der Waals surface area contributed by atoms with Crippen molar-refractivity contribution < 1.29 is 33.4 Å². The Morgan fingerprint density at radius 1 is 1.07 bits per heavy atom. The average Bonchev–Trinajstić information content (AvgIpc) is 3.48. The summed E-state index contributed by atoms with van der Waals surface area (Å²) in [5.41, 5.74) is 1.36. The standard InChI is InChI=1S/C28H32Cl2N4O7S/c1-39-27(37)22(15-18-5-7-19(8-6-18)31-26(36)24-20(29)3-2-4-21(24)30)32-25(35)23-16-42-17-34(23)28(38)41-14-11-33-9-12-40-13-10-33/h2-8,22-23H,9-17H2,1H3,(H,31,36)(H,32,35). The molecule has 2 unspecified atom stereocenters. The number of esters is 1. The highest BCUT2D eigenvalue weighted by atomic mass is 35.5. The van der Waals surface area contributed by atoms with Crippen molar-refractivity contribution in [3.8, 4) is 0 Å². The highest BCUT2D eigenvalue weighted by molar-refractivity contribution is 7.99. The van der Waals surface area contributed by atoms with Crippen LogP contribution in [0.5, 0.6) is 0 Å². The van der Waals surface area contributed by atoms with E-state index < -0.39 is 36.0 Å². The smallest absolute Gasteiger partial charge is 0.411 e. The van der Waals surface area contributed by atoms with Gasteiger partial charge in [-0.3, -0.25) is 19.4 Å². The van der Waals surface area contributed by atoms with Gasteiger partial charge in [0.1, 0.15) is 18.7 Å². The van der Waals surface area contributed by atoms with Crippen LogP contribution in [-0.4, -0.2) is 104 Å². The van der Waals surface area contributed by atoms with Gasteiger partial charge in [0.05, 0.1) is 41.8 Å². The zero-order chi connectivity index (χ0) is 30.1. The number of benzene rings is 2. The fourth-order valence-corrected chi connectivity index (χ4v) is 6.19. The van der Waals surface area contributed by atoms with E-state index in [1.54, 1.807) is 42.5 Å². The van der Waals surface area contributed by atoms with Gasteiger partial charge in [0, 0.05) is 37.5 Å². The first-order valence-electron chi connectivity index (χ1n) is 13.3. The number of methoxy groups -OCH3 is 1. The maximum atomic E-state index is 13.2. The SMILES string of the molecule is COC(=O)C(Cc1ccc(NC(=O)c2c(Cl)cccc2Cl)cc1)NC(=O)C1CSCN1C(=O)OCCN1CCOCC1. The summed E-state index contributed by atoms with van der Waals surface area (Å²) >= 11 is 13.7. The van der Waals surface area contributed by atoms with Crippen molar-refractivity contribution in [3.05, 3.63) is 63.6 Å². The van der Waals surface area contributed by atoms with Crippen molar-refractivity contribution in [2.75, 3.05) is 63.5 Å². The number of carbonyl (C=O) groups excluding carboxylic acids is 4. The summed E-state index contributed by atoms with van der Waals surface area (Å²) in [6, 6.07) is 9.78. The normalized spacial score (nSPS) is 17.8. The van der Waals surface area contributed by atoms with Crippen molar-refractivity contribution in [2.45, 2.75) is 18.5 Å². The molecule has 0 aliphatic carbocycles. The second-order valence-electron chi connectivity index (χ2n) is 9.59. The average molecular weight is 640 g/mol. The summed E-state index contributed by atoms with van der Waals surface area (Å²) in [7, 11) is 1.24. The van der Waals surface area contributed by atoms with Gasteiger partial charge in [0.2, 0.25) is 5.91 Å². The van der Waals surface area contributed by atoms with E-state index in [1.807, 2.05) is 0 Å². The molecule has 11 nitrogen and oxygen atoms in total. The molecule has 3 amide bonds. The topological polar surface area (TPSA) is 127 Å². The zero-order valence-corrected chi connectivity index (χ0v) is 25.3. The first kappa shape index (κ1) is 31.9. The van der Waals surface area contributed by atoms with Gasteiger partial charge in [0.25, 0.3) is 5.91 Å². The first-order chi connectivity index (χ1) is 20.3. The van der Waals surface area contributed by atoms with Gasteiger partial charge in [0.15, 0.2) is 0 Å². The molecular formula is C28H32Cl2N4O7S. The number of halogens is 2. The van der Waals surface area contributed by atoms with Crippen LogP contribution in [0.15, 0.2) is 42.5 Å². The van der Waals surface area contributed by atoms with Crippen LogP contribution < -0.4 is 10.6 Å². The third-order valence-electron chi connectivity index (χ3n) is 6.80. The number of anilines is 1. The van der Waals surface area contributed by atoms with E-state index >= 15 is 0 Å². The molecule has 2 fully saturated rings. The number of thioether (sulfide) groups is 1. The van der Waals surface area contributed by atoms with Crippen molar-refractivity contribution in [3.63, 3.8) is 0 Å². The van der Waals surface area contributed by atoms with Gasteiger partial charge in [-0.05, 0) is 29.8 Å². The lowest BCUT2D eigenvalue weighted by molar-refractivity contribution is -0.145. The molecule has 42 heavy (non-hydrogen) atoms. The monoisotopic (exact) mass is 638 g/mol.